The van der Waals surface area contributed by atoms with E-state index >= 15 is 0 Å². The lowest BCUT2D eigenvalue weighted by molar-refractivity contribution is -0.177. The van der Waals surface area contributed by atoms with Crippen molar-refractivity contribution in [3.05, 3.63) is 0 Å². The molecular weight excluding hydrogens is 368 g/mol. The highest BCUT2D eigenvalue weighted by Crippen LogP contribution is 2.67. The van der Waals surface area contributed by atoms with Gasteiger partial charge in [-0.25, -0.2) is 0 Å². The van der Waals surface area contributed by atoms with Gasteiger partial charge in [-0.3, -0.25) is 14.4 Å². The van der Waals surface area contributed by atoms with E-state index < -0.39 is 17.5 Å². The molecule has 0 heterocycles. The first kappa shape index (κ1) is 21.0. The van der Waals surface area contributed by atoms with E-state index in [1.54, 1.807) is 0 Å². The summed E-state index contributed by atoms with van der Waals surface area (Å²) in [4.78, 5) is 36.7. The van der Waals surface area contributed by atoms with Crippen LogP contribution in [0, 0.1) is 46.3 Å². The zero-order valence-electron chi connectivity index (χ0n) is 18.0. The lowest BCUT2D eigenvalue weighted by atomic mass is 9.43. The van der Waals surface area contributed by atoms with Gasteiger partial charge in [-0.2, -0.15) is 0 Å². The van der Waals surface area contributed by atoms with Crippen molar-refractivity contribution >= 4 is 17.5 Å². The number of aliphatic hydroxyl groups is 1. The fraction of sp³-hybridized carbons (Fsp3) is 0.875. The first-order chi connectivity index (χ1) is 13.6. The molecule has 0 bridgehead atoms. The Morgan fingerprint density at radius 2 is 1.90 bits per heavy atom. The van der Waals surface area contributed by atoms with Crippen LogP contribution in [-0.4, -0.2) is 33.9 Å². The van der Waals surface area contributed by atoms with E-state index in [9.17, 15) is 19.5 Å². The number of carboxylic acid groups (broad SMARTS) is 1. The molecule has 0 radical (unpaired) electrons. The molecular formula is C24H36O5. The van der Waals surface area contributed by atoms with Crippen molar-refractivity contribution in [3.63, 3.8) is 0 Å². The molecule has 29 heavy (non-hydrogen) atoms. The normalized spacial score (nSPS) is 47.9. The maximum Gasteiger partial charge on any atom is 0.303 e. The summed E-state index contributed by atoms with van der Waals surface area (Å²) in [5.41, 5.74) is -0.477. The number of hydrogen-bond acceptors (Lipinski definition) is 4. The number of carboxylic acids is 1. The maximum atomic E-state index is 13.6. The minimum atomic E-state index is -0.778. The first-order valence-corrected chi connectivity index (χ1v) is 11.5. The van der Waals surface area contributed by atoms with E-state index in [0.29, 0.717) is 43.7 Å². The summed E-state index contributed by atoms with van der Waals surface area (Å²) in [6.07, 6.45) is 5.42. The second kappa shape index (κ2) is 7.18. The summed E-state index contributed by atoms with van der Waals surface area (Å²) in [6, 6.07) is 0. The van der Waals surface area contributed by atoms with Crippen LogP contribution < -0.4 is 0 Å². The zero-order chi connectivity index (χ0) is 21.1. The van der Waals surface area contributed by atoms with E-state index in [2.05, 4.69) is 20.8 Å². The molecule has 5 heteroatoms. The Hall–Kier alpha value is -1.23. The third kappa shape index (κ3) is 3.10. The molecule has 5 nitrogen and oxygen atoms in total. The van der Waals surface area contributed by atoms with Crippen molar-refractivity contribution in [2.24, 2.45) is 46.3 Å². The molecule has 0 aromatic carbocycles. The van der Waals surface area contributed by atoms with Crippen LogP contribution in [0.2, 0.25) is 0 Å². The monoisotopic (exact) mass is 404 g/mol. The van der Waals surface area contributed by atoms with Gasteiger partial charge in [0.2, 0.25) is 0 Å². The van der Waals surface area contributed by atoms with Crippen LogP contribution in [0.25, 0.3) is 0 Å². The third-order valence-electron chi connectivity index (χ3n) is 9.93. The van der Waals surface area contributed by atoms with Crippen molar-refractivity contribution in [1.82, 2.24) is 0 Å². The van der Waals surface area contributed by atoms with Gasteiger partial charge in [-0.15, -0.1) is 0 Å². The molecule has 4 aliphatic rings. The number of hydrogen-bond donors (Lipinski definition) is 2. The first-order valence-electron chi connectivity index (χ1n) is 11.5. The quantitative estimate of drug-likeness (QED) is 0.742. The fourth-order valence-corrected chi connectivity index (χ4v) is 8.22. The van der Waals surface area contributed by atoms with Crippen LogP contribution in [0.3, 0.4) is 0 Å². The van der Waals surface area contributed by atoms with Crippen LogP contribution >= 0.6 is 0 Å². The topological polar surface area (TPSA) is 91.7 Å². The molecule has 162 valence electrons. The number of carbonyl (C=O) groups is 3. The van der Waals surface area contributed by atoms with Crippen molar-refractivity contribution in [1.29, 1.82) is 0 Å². The number of Topliss-reactive ketones (excluding diaryl/α,β-unsaturated/α-hetero) is 2. The van der Waals surface area contributed by atoms with E-state index in [1.807, 2.05) is 0 Å². The Bertz CT molecular complexity index is 716. The maximum absolute atomic E-state index is 13.6. The summed E-state index contributed by atoms with van der Waals surface area (Å²) in [7, 11) is 0. The minimum Gasteiger partial charge on any atom is -0.481 e. The van der Waals surface area contributed by atoms with Gasteiger partial charge in [-0.1, -0.05) is 20.8 Å². The van der Waals surface area contributed by atoms with Crippen LogP contribution in [0.15, 0.2) is 0 Å². The van der Waals surface area contributed by atoms with Crippen molar-refractivity contribution in [3.8, 4) is 0 Å². The Kier molecular flexibility index (Phi) is 5.20. The molecule has 0 amide bonds. The van der Waals surface area contributed by atoms with Crippen LogP contribution in [0.5, 0.6) is 0 Å². The summed E-state index contributed by atoms with van der Waals surface area (Å²) in [5, 5.41) is 20.3. The average Bonchev–Trinajstić information content (AvgIpc) is 3.01. The molecule has 4 saturated carbocycles. The average molecular weight is 405 g/mol. The summed E-state index contributed by atoms with van der Waals surface area (Å²) >= 11 is 0. The second-order valence-electron chi connectivity index (χ2n) is 11.0. The van der Waals surface area contributed by atoms with E-state index in [1.165, 1.54) is 0 Å². The largest absolute Gasteiger partial charge is 0.481 e. The molecule has 1 unspecified atom stereocenters. The number of aliphatic carboxylic acids is 1. The predicted molar refractivity (Wildman–Crippen MR) is 108 cm³/mol. The van der Waals surface area contributed by atoms with Crippen molar-refractivity contribution in [2.75, 3.05) is 0 Å². The summed E-state index contributed by atoms with van der Waals surface area (Å²) in [5.74, 6) is 0.911. The molecule has 0 aromatic rings. The minimum absolute atomic E-state index is 0.0260. The highest BCUT2D eigenvalue weighted by molar-refractivity contribution is 5.87. The van der Waals surface area contributed by atoms with Gasteiger partial charge in [0, 0.05) is 31.1 Å². The van der Waals surface area contributed by atoms with Crippen molar-refractivity contribution < 1.29 is 24.6 Å². The summed E-state index contributed by atoms with van der Waals surface area (Å²) < 4.78 is 0. The molecule has 4 rings (SSSR count). The Labute approximate surface area is 173 Å². The number of carbonyl (C=O) groups excluding carboxylic acids is 2. The van der Waals surface area contributed by atoms with Crippen LogP contribution in [0.4, 0.5) is 0 Å². The molecule has 2 N–H and O–H groups in total. The number of rotatable bonds is 4. The van der Waals surface area contributed by atoms with Gasteiger partial charge in [0.1, 0.15) is 11.6 Å². The van der Waals surface area contributed by atoms with E-state index in [0.717, 1.165) is 19.3 Å². The van der Waals surface area contributed by atoms with Gasteiger partial charge in [0.15, 0.2) is 0 Å². The van der Waals surface area contributed by atoms with Gasteiger partial charge in [0.05, 0.1) is 6.10 Å². The van der Waals surface area contributed by atoms with Gasteiger partial charge < -0.3 is 10.2 Å². The van der Waals surface area contributed by atoms with Gasteiger partial charge in [0.25, 0.3) is 0 Å². The summed E-state index contributed by atoms with van der Waals surface area (Å²) in [6.45, 7) is 6.48. The van der Waals surface area contributed by atoms with E-state index in [4.69, 9.17) is 5.11 Å². The molecule has 9 atom stereocenters. The Balaban J connectivity index is 1.62. The lowest BCUT2D eigenvalue weighted by Gasteiger charge is -2.61. The van der Waals surface area contributed by atoms with Crippen LogP contribution in [-0.2, 0) is 14.4 Å². The molecule has 0 aliphatic heterocycles. The third-order valence-corrected chi connectivity index (χ3v) is 9.93. The second-order valence-corrected chi connectivity index (χ2v) is 11.0. The molecule has 4 fully saturated rings. The number of ketones is 2. The SMILES string of the molecule is C[C@H](CCC(=O)O)[C@H]1CC[C@H]2[C@@H]3C(O)C[C@@H]4CC(=O)CC[C@]4(C)[C@H]3CC(=O)[C@]12C. The fourth-order valence-electron chi connectivity index (χ4n) is 8.22. The van der Waals surface area contributed by atoms with Crippen molar-refractivity contribution in [2.45, 2.75) is 84.7 Å². The molecule has 0 aromatic heterocycles. The van der Waals surface area contributed by atoms with E-state index in [-0.39, 0.29) is 47.3 Å². The highest BCUT2D eigenvalue weighted by atomic mass is 16.4. The van der Waals surface area contributed by atoms with Crippen LogP contribution in [0.1, 0.15) is 78.6 Å². The smallest absolute Gasteiger partial charge is 0.303 e. The zero-order valence-corrected chi connectivity index (χ0v) is 18.0. The lowest BCUT2D eigenvalue weighted by Crippen LogP contribution is -2.61. The number of aliphatic hydroxyl groups excluding tert-OH is 1. The Morgan fingerprint density at radius 3 is 2.59 bits per heavy atom. The number of fused-ring (bicyclic) bond motifs is 5. The predicted octanol–water partition coefficient (Wildman–Crippen LogP) is 3.87. The molecule has 4 aliphatic carbocycles. The molecule has 0 saturated heterocycles. The molecule has 0 spiro atoms. The standard InChI is InChI=1S/C24H36O5/c1-13(4-7-21(28)29)16-5-6-17-22-18(12-20(27)24(16,17)3)23(2)9-8-15(25)10-14(23)11-19(22)26/h13-14,16-19,22,26H,4-12H2,1-3H3,(H,28,29)/t13-,14+,16-,17+,18+,19?,22+,23+,24-/m1/s1. The highest BCUT2D eigenvalue weighted by Gasteiger charge is 2.65. The van der Waals surface area contributed by atoms with Gasteiger partial charge >= 0.3 is 5.97 Å². The Morgan fingerprint density at radius 1 is 1.17 bits per heavy atom. The van der Waals surface area contributed by atoms with Gasteiger partial charge in [-0.05, 0) is 73.0 Å².